The lowest BCUT2D eigenvalue weighted by atomic mass is 10.1. The van der Waals surface area contributed by atoms with E-state index in [0.29, 0.717) is 36.6 Å². The van der Waals surface area contributed by atoms with Crippen LogP contribution in [-0.4, -0.2) is 53.2 Å². The third-order valence-electron chi connectivity index (χ3n) is 4.46. The van der Waals surface area contributed by atoms with Gasteiger partial charge in [0.1, 0.15) is 18.1 Å². The van der Waals surface area contributed by atoms with Gasteiger partial charge in [-0.3, -0.25) is 13.9 Å². The van der Waals surface area contributed by atoms with Crippen LogP contribution in [0.15, 0.2) is 48.5 Å². The molecule has 8 nitrogen and oxygen atoms in total. The first-order valence-electron chi connectivity index (χ1n) is 9.83. The number of methoxy groups -OCH3 is 1. The van der Waals surface area contributed by atoms with Crippen molar-refractivity contribution in [2.24, 2.45) is 0 Å². The SMILES string of the molecule is COc1ccc(OCCNC(=O)CCCN(c2cccc(C(C)=O)c2)S(C)(=O)=O)cc1. The highest BCUT2D eigenvalue weighted by Gasteiger charge is 2.18. The normalized spacial score (nSPS) is 10.9. The number of sulfonamides is 1. The van der Waals surface area contributed by atoms with Crippen LogP contribution in [-0.2, 0) is 14.8 Å². The molecule has 9 heteroatoms. The number of amides is 1. The van der Waals surface area contributed by atoms with Crippen LogP contribution in [0.5, 0.6) is 11.5 Å². The molecule has 0 saturated heterocycles. The standard InChI is InChI=1S/C22H28N2O6S/c1-17(25)18-6-4-7-19(16-18)24(31(3,27)28)14-5-8-22(26)23-13-15-30-21-11-9-20(29-2)10-12-21/h4,6-7,9-12,16H,5,8,13-15H2,1-3H3,(H,23,26). The molecule has 0 aliphatic rings. The van der Waals surface area contributed by atoms with E-state index in [2.05, 4.69) is 5.32 Å². The van der Waals surface area contributed by atoms with Crippen LogP contribution >= 0.6 is 0 Å². The van der Waals surface area contributed by atoms with E-state index in [1.54, 1.807) is 55.6 Å². The Morgan fingerprint density at radius 3 is 2.35 bits per heavy atom. The predicted molar refractivity (Wildman–Crippen MR) is 119 cm³/mol. The number of ether oxygens (including phenoxy) is 2. The number of ketones is 1. The lowest BCUT2D eigenvalue weighted by Gasteiger charge is -2.22. The van der Waals surface area contributed by atoms with Gasteiger partial charge < -0.3 is 14.8 Å². The zero-order valence-corrected chi connectivity index (χ0v) is 18.8. The van der Waals surface area contributed by atoms with E-state index < -0.39 is 10.0 Å². The third-order valence-corrected chi connectivity index (χ3v) is 5.65. The third kappa shape index (κ3) is 7.93. The van der Waals surface area contributed by atoms with Crippen LogP contribution in [0.1, 0.15) is 30.1 Å². The van der Waals surface area contributed by atoms with Crippen molar-refractivity contribution in [1.29, 1.82) is 0 Å². The van der Waals surface area contributed by atoms with Crippen LogP contribution in [0, 0.1) is 0 Å². The second kappa shape index (κ2) is 11.4. The molecule has 2 rings (SSSR count). The highest BCUT2D eigenvalue weighted by molar-refractivity contribution is 7.92. The van der Waals surface area contributed by atoms with Crippen molar-refractivity contribution in [1.82, 2.24) is 5.32 Å². The first kappa shape index (κ1) is 24.2. The van der Waals surface area contributed by atoms with Crippen LogP contribution in [0.25, 0.3) is 0 Å². The van der Waals surface area contributed by atoms with Crippen LogP contribution in [0.2, 0.25) is 0 Å². The summed E-state index contributed by atoms with van der Waals surface area (Å²) >= 11 is 0. The maximum Gasteiger partial charge on any atom is 0.232 e. The Labute approximate surface area is 183 Å². The Balaban J connectivity index is 1.79. The maximum absolute atomic E-state index is 12.2. The lowest BCUT2D eigenvalue weighted by Crippen LogP contribution is -2.33. The van der Waals surface area contributed by atoms with Crippen LogP contribution in [0.4, 0.5) is 5.69 Å². The largest absolute Gasteiger partial charge is 0.497 e. The van der Waals surface area contributed by atoms with E-state index in [4.69, 9.17) is 9.47 Å². The molecular weight excluding hydrogens is 420 g/mol. The molecule has 0 unspecified atom stereocenters. The molecule has 0 bridgehead atoms. The van der Waals surface area contributed by atoms with Gasteiger partial charge in [0.25, 0.3) is 0 Å². The van der Waals surface area contributed by atoms with Crippen molar-refractivity contribution in [2.45, 2.75) is 19.8 Å². The summed E-state index contributed by atoms with van der Waals surface area (Å²) < 4.78 is 36.2. The van der Waals surface area contributed by atoms with E-state index in [1.807, 2.05) is 0 Å². The molecular formula is C22H28N2O6S. The predicted octanol–water partition coefficient (Wildman–Crippen LogP) is 2.64. The number of carbonyl (C=O) groups excluding carboxylic acids is 2. The van der Waals surface area contributed by atoms with Crippen molar-refractivity contribution in [3.8, 4) is 11.5 Å². The Bertz CT molecular complexity index is 989. The number of rotatable bonds is 12. The number of anilines is 1. The minimum atomic E-state index is -3.55. The van der Waals surface area contributed by atoms with E-state index in [1.165, 1.54) is 11.2 Å². The van der Waals surface area contributed by atoms with Gasteiger partial charge in [-0.1, -0.05) is 12.1 Å². The van der Waals surface area contributed by atoms with Gasteiger partial charge >= 0.3 is 0 Å². The molecule has 0 aromatic heterocycles. The van der Waals surface area contributed by atoms with E-state index in [0.717, 1.165) is 12.0 Å². The number of carbonyl (C=O) groups is 2. The molecule has 2 aromatic rings. The zero-order chi connectivity index (χ0) is 22.9. The number of Topliss-reactive ketones (excluding diaryl/α,β-unsaturated/α-hetero) is 1. The molecule has 0 aliphatic carbocycles. The fraction of sp³-hybridized carbons (Fsp3) is 0.364. The quantitative estimate of drug-likeness (QED) is 0.396. The summed E-state index contributed by atoms with van der Waals surface area (Å²) in [7, 11) is -1.97. The molecule has 0 radical (unpaired) electrons. The molecule has 31 heavy (non-hydrogen) atoms. The van der Waals surface area contributed by atoms with E-state index >= 15 is 0 Å². The molecule has 2 aromatic carbocycles. The highest BCUT2D eigenvalue weighted by atomic mass is 32.2. The van der Waals surface area contributed by atoms with Gasteiger partial charge in [0.05, 0.1) is 25.6 Å². The molecule has 168 valence electrons. The Hall–Kier alpha value is -3.07. The summed E-state index contributed by atoms with van der Waals surface area (Å²) in [6.45, 7) is 2.20. The maximum atomic E-state index is 12.2. The molecule has 0 saturated carbocycles. The number of nitrogens with zero attached hydrogens (tertiary/aromatic N) is 1. The fourth-order valence-corrected chi connectivity index (χ4v) is 3.83. The van der Waals surface area contributed by atoms with E-state index in [9.17, 15) is 18.0 Å². The smallest absolute Gasteiger partial charge is 0.232 e. The second-order valence-corrected chi connectivity index (χ2v) is 8.83. The molecule has 0 atom stereocenters. The van der Waals surface area contributed by atoms with Crippen molar-refractivity contribution in [3.05, 3.63) is 54.1 Å². The van der Waals surface area contributed by atoms with Gasteiger partial charge in [0, 0.05) is 18.5 Å². The Kier molecular flexibility index (Phi) is 8.87. The summed E-state index contributed by atoms with van der Waals surface area (Å²) in [5, 5.41) is 2.75. The molecule has 1 amide bonds. The molecule has 0 heterocycles. The minimum Gasteiger partial charge on any atom is -0.497 e. The first-order chi connectivity index (χ1) is 14.7. The fourth-order valence-electron chi connectivity index (χ4n) is 2.87. The number of nitrogens with one attached hydrogen (secondary N) is 1. The van der Waals surface area contributed by atoms with Crippen LogP contribution < -0.4 is 19.1 Å². The summed E-state index contributed by atoms with van der Waals surface area (Å²) in [5.41, 5.74) is 0.837. The molecule has 0 aliphatic heterocycles. The van der Waals surface area contributed by atoms with Gasteiger partial charge in [-0.25, -0.2) is 8.42 Å². The number of hydrogen-bond acceptors (Lipinski definition) is 6. The number of hydrogen-bond donors (Lipinski definition) is 1. The van der Waals surface area contributed by atoms with Gasteiger partial charge in [0.15, 0.2) is 5.78 Å². The van der Waals surface area contributed by atoms with Crippen LogP contribution in [0.3, 0.4) is 0 Å². The zero-order valence-electron chi connectivity index (χ0n) is 18.0. The second-order valence-electron chi connectivity index (χ2n) is 6.92. The topological polar surface area (TPSA) is 102 Å². The van der Waals surface area contributed by atoms with Crippen molar-refractivity contribution < 1.29 is 27.5 Å². The summed E-state index contributed by atoms with van der Waals surface area (Å²) in [5.74, 6) is 1.07. The molecule has 1 N–H and O–H groups in total. The monoisotopic (exact) mass is 448 g/mol. The number of benzene rings is 2. The summed E-state index contributed by atoms with van der Waals surface area (Å²) in [4.78, 5) is 23.6. The van der Waals surface area contributed by atoms with Gasteiger partial charge in [-0.2, -0.15) is 0 Å². The molecule has 0 fully saturated rings. The van der Waals surface area contributed by atoms with Gasteiger partial charge in [-0.05, 0) is 49.7 Å². The van der Waals surface area contributed by atoms with Crippen molar-refractivity contribution in [3.63, 3.8) is 0 Å². The average molecular weight is 449 g/mol. The lowest BCUT2D eigenvalue weighted by molar-refractivity contribution is -0.121. The highest BCUT2D eigenvalue weighted by Crippen LogP contribution is 2.20. The summed E-state index contributed by atoms with van der Waals surface area (Å²) in [6, 6.07) is 13.6. The first-order valence-corrected chi connectivity index (χ1v) is 11.7. The Morgan fingerprint density at radius 2 is 1.74 bits per heavy atom. The Morgan fingerprint density at radius 1 is 1.06 bits per heavy atom. The van der Waals surface area contributed by atoms with Crippen molar-refractivity contribution >= 4 is 27.4 Å². The molecule has 0 spiro atoms. The van der Waals surface area contributed by atoms with Crippen molar-refractivity contribution in [2.75, 3.05) is 37.4 Å². The van der Waals surface area contributed by atoms with E-state index in [-0.39, 0.29) is 24.7 Å². The summed E-state index contributed by atoms with van der Waals surface area (Å²) in [6.07, 6.45) is 1.60. The van der Waals surface area contributed by atoms with Gasteiger partial charge in [0.2, 0.25) is 15.9 Å². The minimum absolute atomic E-state index is 0.135. The average Bonchev–Trinajstić information content (AvgIpc) is 2.74. The van der Waals surface area contributed by atoms with Gasteiger partial charge in [-0.15, -0.1) is 0 Å².